The van der Waals surface area contributed by atoms with Gasteiger partial charge < -0.3 is 15.2 Å². The van der Waals surface area contributed by atoms with Crippen molar-refractivity contribution in [1.82, 2.24) is 5.32 Å². The third-order valence-electron chi connectivity index (χ3n) is 1.95. The maximum absolute atomic E-state index is 11.3. The van der Waals surface area contributed by atoms with Gasteiger partial charge in [0.25, 0.3) is 0 Å². The van der Waals surface area contributed by atoms with E-state index in [4.69, 9.17) is 9.84 Å². The normalized spacial score (nSPS) is 9.41. The fourth-order valence-electron chi connectivity index (χ4n) is 1.05. The number of carbonyl (C=O) groups is 2. The quantitative estimate of drug-likeness (QED) is 0.763. The van der Waals surface area contributed by atoms with Crippen molar-refractivity contribution in [3.8, 4) is 5.75 Å². The van der Waals surface area contributed by atoms with Crippen LogP contribution in [0.5, 0.6) is 5.75 Å². The highest BCUT2D eigenvalue weighted by Crippen LogP contribution is 2.08. The molecule has 0 heterocycles. The van der Waals surface area contributed by atoms with Crippen molar-refractivity contribution in [1.29, 1.82) is 0 Å². The molecule has 1 rings (SSSR count). The first-order chi connectivity index (χ1) is 8.09. The van der Waals surface area contributed by atoms with Crippen LogP contribution in [0.3, 0.4) is 0 Å². The molecule has 0 saturated heterocycles. The van der Waals surface area contributed by atoms with Gasteiger partial charge in [0.05, 0.1) is 0 Å². The third kappa shape index (κ3) is 4.83. The molecule has 5 nitrogen and oxygen atoms in total. The fourth-order valence-corrected chi connectivity index (χ4v) is 1.05. The number of nitrogens with one attached hydrogen (secondary N) is 1. The van der Waals surface area contributed by atoms with E-state index < -0.39 is 12.1 Å². The second kappa shape index (κ2) is 6.32. The molecule has 0 aromatic heterocycles. The zero-order valence-corrected chi connectivity index (χ0v) is 9.18. The SMILES string of the molecule is C=C(CCNC(=O)Oc1ccccc1)C(=O)O. The molecule has 2 N–H and O–H groups in total. The van der Waals surface area contributed by atoms with Crippen molar-refractivity contribution in [3.05, 3.63) is 42.5 Å². The molecule has 1 aromatic rings. The summed E-state index contributed by atoms with van der Waals surface area (Å²) in [6.45, 7) is 3.52. The summed E-state index contributed by atoms with van der Waals surface area (Å²) in [5.41, 5.74) is 0.0463. The Morgan fingerprint density at radius 1 is 1.29 bits per heavy atom. The van der Waals surface area contributed by atoms with Crippen LogP contribution in [0.4, 0.5) is 4.79 Å². The highest BCUT2D eigenvalue weighted by Gasteiger charge is 2.06. The van der Waals surface area contributed by atoms with Crippen LogP contribution >= 0.6 is 0 Å². The minimum absolute atomic E-state index is 0.0463. The number of carbonyl (C=O) groups excluding carboxylic acids is 1. The first-order valence-corrected chi connectivity index (χ1v) is 5.01. The molecule has 0 aliphatic carbocycles. The molecule has 0 saturated carbocycles. The Kier molecular flexibility index (Phi) is 4.75. The lowest BCUT2D eigenvalue weighted by atomic mass is 10.2. The smallest absolute Gasteiger partial charge is 0.412 e. The van der Waals surface area contributed by atoms with Gasteiger partial charge in [0, 0.05) is 12.1 Å². The van der Waals surface area contributed by atoms with Crippen molar-refractivity contribution in [3.63, 3.8) is 0 Å². The number of hydrogen-bond donors (Lipinski definition) is 2. The van der Waals surface area contributed by atoms with E-state index in [1.807, 2.05) is 6.07 Å². The Morgan fingerprint density at radius 2 is 1.94 bits per heavy atom. The summed E-state index contributed by atoms with van der Waals surface area (Å²) in [6.07, 6.45) is -0.437. The molecule has 1 aromatic carbocycles. The van der Waals surface area contributed by atoms with Crippen LogP contribution in [-0.2, 0) is 4.79 Å². The summed E-state index contributed by atoms with van der Waals surface area (Å²) >= 11 is 0. The molecular formula is C12H13NO4. The van der Waals surface area contributed by atoms with Gasteiger partial charge in [-0.05, 0) is 18.6 Å². The lowest BCUT2D eigenvalue weighted by Crippen LogP contribution is -2.28. The second-order valence-electron chi connectivity index (χ2n) is 3.29. The highest BCUT2D eigenvalue weighted by molar-refractivity contribution is 5.85. The zero-order chi connectivity index (χ0) is 12.7. The average Bonchev–Trinajstić information content (AvgIpc) is 2.30. The maximum Gasteiger partial charge on any atom is 0.412 e. The first-order valence-electron chi connectivity index (χ1n) is 5.01. The molecule has 0 aliphatic rings. The molecule has 0 radical (unpaired) electrons. The van der Waals surface area contributed by atoms with Gasteiger partial charge in [-0.2, -0.15) is 0 Å². The Labute approximate surface area is 98.7 Å². The number of benzene rings is 1. The van der Waals surface area contributed by atoms with Crippen LogP contribution < -0.4 is 10.1 Å². The van der Waals surface area contributed by atoms with E-state index in [-0.39, 0.29) is 18.5 Å². The van der Waals surface area contributed by atoms with Gasteiger partial charge in [0.15, 0.2) is 0 Å². The van der Waals surface area contributed by atoms with Gasteiger partial charge >= 0.3 is 12.1 Å². The summed E-state index contributed by atoms with van der Waals surface area (Å²) in [7, 11) is 0. The number of ether oxygens (including phenoxy) is 1. The molecule has 5 heteroatoms. The van der Waals surface area contributed by atoms with Crippen LogP contribution in [0.1, 0.15) is 6.42 Å². The lowest BCUT2D eigenvalue weighted by molar-refractivity contribution is -0.132. The van der Waals surface area contributed by atoms with Gasteiger partial charge in [-0.3, -0.25) is 0 Å². The van der Waals surface area contributed by atoms with E-state index in [1.54, 1.807) is 24.3 Å². The van der Waals surface area contributed by atoms with E-state index in [0.29, 0.717) is 5.75 Å². The van der Waals surface area contributed by atoms with Crippen LogP contribution in [0, 0.1) is 0 Å². The number of hydrogen-bond acceptors (Lipinski definition) is 3. The van der Waals surface area contributed by atoms with Crippen LogP contribution in [0.2, 0.25) is 0 Å². The number of amides is 1. The average molecular weight is 235 g/mol. The topological polar surface area (TPSA) is 75.6 Å². The van der Waals surface area contributed by atoms with E-state index >= 15 is 0 Å². The van der Waals surface area contributed by atoms with Gasteiger partial charge in [-0.25, -0.2) is 9.59 Å². The number of aliphatic carboxylic acids is 1. The molecule has 0 aliphatic heterocycles. The summed E-state index contributed by atoms with van der Waals surface area (Å²) in [4.78, 5) is 21.7. The van der Waals surface area contributed by atoms with Gasteiger partial charge in [-0.1, -0.05) is 24.8 Å². The van der Waals surface area contributed by atoms with Crippen molar-refractivity contribution in [2.45, 2.75) is 6.42 Å². The molecule has 0 fully saturated rings. The van der Waals surface area contributed by atoms with Gasteiger partial charge in [-0.15, -0.1) is 0 Å². The largest absolute Gasteiger partial charge is 0.478 e. The van der Waals surface area contributed by atoms with Crippen molar-refractivity contribution in [2.24, 2.45) is 0 Å². The Morgan fingerprint density at radius 3 is 2.53 bits per heavy atom. The molecule has 0 spiro atoms. The Hall–Kier alpha value is -2.30. The summed E-state index contributed by atoms with van der Waals surface area (Å²) in [6, 6.07) is 8.59. The second-order valence-corrected chi connectivity index (χ2v) is 3.29. The first kappa shape index (κ1) is 12.8. The predicted octanol–water partition coefficient (Wildman–Crippen LogP) is 1.81. The van der Waals surface area contributed by atoms with Gasteiger partial charge in [0.2, 0.25) is 0 Å². The maximum atomic E-state index is 11.3. The van der Waals surface area contributed by atoms with E-state index in [1.165, 1.54) is 0 Å². The summed E-state index contributed by atoms with van der Waals surface area (Å²) < 4.78 is 4.93. The lowest BCUT2D eigenvalue weighted by Gasteiger charge is -2.06. The van der Waals surface area contributed by atoms with E-state index in [9.17, 15) is 9.59 Å². The van der Waals surface area contributed by atoms with Crippen LogP contribution in [0.15, 0.2) is 42.5 Å². The molecule has 0 bridgehead atoms. The van der Waals surface area contributed by atoms with E-state index in [2.05, 4.69) is 11.9 Å². The Balaban J connectivity index is 2.27. The van der Waals surface area contributed by atoms with Crippen LogP contribution in [-0.4, -0.2) is 23.7 Å². The van der Waals surface area contributed by atoms with Gasteiger partial charge in [0.1, 0.15) is 5.75 Å². The predicted molar refractivity (Wildman–Crippen MR) is 61.9 cm³/mol. The fraction of sp³-hybridized carbons (Fsp3) is 0.167. The van der Waals surface area contributed by atoms with E-state index in [0.717, 1.165) is 0 Å². The number of para-hydroxylation sites is 1. The molecule has 1 amide bonds. The summed E-state index contributed by atoms with van der Waals surface area (Å²) in [5.74, 6) is -0.634. The molecule has 17 heavy (non-hydrogen) atoms. The third-order valence-corrected chi connectivity index (χ3v) is 1.95. The number of carboxylic acid groups (broad SMARTS) is 1. The minimum atomic E-state index is -1.07. The zero-order valence-electron chi connectivity index (χ0n) is 9.18. The number of rotatable bonds is 5. The van der Waals surface area contributed by atoms with Crippen molar-refractivity contribution < 1.29 is 19.4 Å². The Bertz CT molecular complexity index is 414. The van der Waals surface area contributed by atoms with Crippen molar-refractivity contribution >= 4 is 12.1 Å². The monoisotopic (exact) mass is 235 g/mol. The standard InChI is InChI=1S/C12H13NO4/c1-9(11(14)15)7-8-13-12(16)17-10-5-3-2-4-6-10/h2-6H,1,7-8H2,(H,13,16)(H,14,15). The molecule has 90 valence electrons. The molecular weight excluding hydrogens is 222 g/mol. The summed E-state index contributed by atoms with van der Waals surface area (Å²) in [5, 5.41) is 11.0. The minimum Gasteiger partial charge on any atom is -0.478 e. The number of carboxylic acids is 1. The molecule has 0 atom stereocenters. The highest BCUT2D eigenvalue weighted by atomic mass is 16.6. The van der Waals surface area contributed by atoms with Crippen LogP contribution in [0.25, 0.3) is 0 Å². The van der Waals surface area contributed by atoms with Crippen molar-refractivity contribution in [2.75, 3.05) is 6.54 Å². The molecule has 0 unspecified atom stereocenters.